The van der Waals surface area contributed by atoms with Crippen LogP contribution in [0.25, 0.3) is 0 Å². The van der Waals surface area contributed by atoms with Gasteiger partial charge < -0.3 is 9.26 Å². The van der Waals surface area contributed by atoms with Crippen LogP contribution in [0.1, 0.15) is 68.3 Å². The van der Waals surface area contributed by atoms with Crippen LogP contribution in [0.2, 0.25) is 0 Å². The van der Waals surface area contributed by atoms with E-state index in [0.29, 0.717) is 11.8 Å². The molecule has 2 aromatic rings. The van der Waals surface area contributed by atoms with Crippen LogP contribution in [0, 0.1) is 5.92 Å². The second-order valence-corrected chi connectivity index (χ2v) is 9.23. The molecule has 144 valence electrons. The molecule has 0 amide bonds. The zero-order valence-corrected chi connectivity index (χ0v) is 16.4. The summed E-state index contributed by atoms with van der Waals surface area (Å²) in [5.41, 5.74) is 2.70. The minimum Gasteiger partial charge on any atom is -0.487 e. The average Bonchev–Trinajstić information content (AvgIpc) is 3.29. The highest BCUT2D eigenvalue weighted by Gasteiger charge is 2.31. The van der Waals surface area contributed by atoms with Gasteiger partial charge in [0.05, 0.1) is 0 Å². The Morgan fingerprint density at radius 3 is 2.74 bits per heavy atom. The fourth-order valence-electron chi connectivity index (χ4n) is 4.47. The topological polar surface area (TPSA) is 51.4 Å². The number of ether oxygens (including phenoxy) is 1. The summed E-state index contributed by atoms with van der Waals surface area (Å²) in [7, 11) is 0. The quantitative estimate of drug-likeness (QED) is 0.796. The Hall–Kier alpha value is -1.88. The maximum atomic E-state index is 6.00. The number of benzene rings is 1. The summed E-state index contributed by atoms with van der Waals surface area (Å²) < 4.78 is 11.4. The van der Waals surface area contributed by atoms with Gasteiger partial charge in [-0.2, -0.15) is 4.98 Å². The molecule has 0 N–H and O–H groups in total. The van der Waals surface area contributed by atoms with Gasteiger partial charge in [-0.25, -0.2) is 0 Å². The van der Waals surface area contributed by atoms with Gasteiger partial charge in [0.2, 0.25) is 5.89 Å². The Labute approximate surface area is 161 Å². The van der Waals surface area contributed by atoms with Crippen molar-refractivity contribution in [2.75, 3.05) is 13.1 Å². The predicted molar refractivity (Wildman–Crippen MR) is 103 cm³/mol. The molecule has 0 unspecified atom stereocenters. The molecule has 5 nitrogen and oxygen atoms in total. The Bertz CT molecular complexity index is 817. The summed E-state index contributed by atoms with van der Waals surface area (Å²) in [5.74, 6) is 4.08. The van der Waals surface area contributed by atoms with Gasteiger partial charge >= 0.3 is 0 Å². The van der Waals surface area contributed by atoms with E-state index >= 15 is 0 Å². The van der Waals surface area contributed by atoms with Crippen molar-refractivity contribution in [1.29, 1.82) is 0 Å². The van der Waals surface area contributed by atoms with Crippen LogP contribution >= 0.6 is 0 Å². The molecule has 1 saturated heterocycles. The molecule has 0 spiro atoms. The molecule has 1 aromatic carbocycles. The highest BCUT2D eigenvalue weighted by molar-refractivity contribution is 5.41. The number of fused-ring (bicyclic) bond motifs is 1. The second-order valence-electron chi connectivity index (χ2n) is 9.23. The van der Waals surface area contributed by atoms with Crippen molar-refractivity contribution in [2.24, 2.45) is 5.92 Å². The minimum atomic E-state index is -0.0617. The van der Waals surface area contributed by atoms with Crippen LogP contribution in [0.3, 0.4) is 0 Å². The van der Waals surface area contributed by atoms with Crippen LogP contribution in [-0.2, 0) is 19.4 Å². The lowest BCUT2D eigenvalue weighted by molar-refractivity contribution is 0.138. The molecule has 5 heteroatoms. The van der Waals surface area contributed by atoms with Crippen molar-refractivity contribution < 1.29 is 9.26 Å². The average molecular weight is 367 g/mol. The summed E-state index contributed by atoms with van der Waals surface area (Å²) >= 11 is 0. The number of hydrogen-bond donors (Lipinski definition) is 0. The van der Waals surface area contributed by atoms with Crippen molar-refractivity contribution in [3.8, 4) is 5.75 Å². The third-order valence-electron chi connectivity index (χ3n) is 6.12. The Morgan fingerprint density at radius 2 is 1.96 bits per heavy atom. The van der Waals surface area contributed by atoms with Crippen LogP contribution < -0.4 is 4.74 Å². The maximum absolute atomic E-state index is 6.00. The smallest absolute Gasteiger partial charge is 0.229 e. The normalized spacial score (nSPS) is 22.6. The van der Waals surface area contributed by atoms with E-state index in [9.17, 15) is 0 Å². The molecule has 27 heavy (non-hydrogen) atoms. The lowest BCUT2D eigenvalue weighted by Gasteiger charge is -2.31. The van der Waals surface area contributed by atoms with Crippen molar-refractivity contribution in [2.45, 2.75) is 70.4 Å². The van der Waals surface area contributed by atoms with Gasteiger partial charge in [0.25, 0.3) is 0 Å². The van der Waals surface area contributed by atoms with Crippen LogP contribution in [0.5, 0.6) is 5.75 Å². The molecule has 2 fully saturated rings. The third-order valence-corrected chi connectivity index (χ3v) is 6.12. The molecule has 0 bridgehead atoms. The highest BCUT2D eigenvalue weighted by atomic mass is 16.5. The first-order chi connectivity index (χ1) is 13.0. The van der Waals surface area contributed by atoms with Gasteiger partial charge in [0.1, 0.15) is 11.4 Å². The summed E-state index contributed by atoms with van der Waals surface area (Å²) in [6, 6.07) is 6.72. The zero-order valence-electron chi connectivity index (χ0n) is 16.4. The highest BCUT2D eigenvalue weighted by Crippen LogP contribution is 2.39. The Balaban J connectivity index is 1.13. The number of nitrogens with zero attached hydrogens (tertiary/aromatic N) is 3. The molecule has 1 saturated carbocycles. The number of likely N-dealkylation sites (tertiary alicyclic amines) is 1. The molecule has 3 aliphatic rings. The SMILES string of the molecule is CC1(C)Cc2cc(CN3CCC(Cc4noc(C5CC5)n4)CC3)ccc2O1. The standard InChI is InChI=1S/C22H29N3O2/c1-22(2)13-18-11-16(3-6-19(18)26-22)14-25-9-7-15(8-10-25)12-20-23-21(27-24-20)17-4-5-17/h3,6,11,15,17H,4-5,7-10,12-14H2,1-2H3. The van der Waals surface area contributed by atoms with Gasteiger partial charge in [-0.3, -0.25) is 4.90 Å². The lowest BCUT2D eigenvalue weighted by Crippen LogP contribution is -2.34. The molecule has 1 aliphatic carbocycles. The monoisotopic (exact) mass is 367 g/mol. The van der Waals surface area contributed by atoms with Crippen LogP contribution in [-0.4, -0.2) is 33.7 Å². The second kappa shape index (κ2) is 6.62. The van der Waals surface area contributed by atoms with E-state index in [1.807, 2.05) is 0 Å². The van der Waals surface area contributed by atoms with Crippen molar-refractivity contribution in [1.82, 2.24) is 15.0 Å². The number of piperidine rings is 1. The molecular weight excluding hydrogens is 338 g/mol. The van der Waals surface area contributed by atoms with E-state index in [2.05, 4.69) is 47.1 Å². The predicted octanol–water partition coefficient (Wildman–Crippen LogP) is 4.12. The fraction of sp³-hybridized carbons (Fsp3) is 0.636. The van der Waals surface area contributed by atoms with Crippen LogP contribution in [0.15, 0.2) is 22.7 Å². The fourth-order valence-corrected chi connectivity index (χ4v) is 4.47. The molecule has 5 rings (SSSR count). The first-order valence-corrected chi connectivity index (χ1v) is 10.4. The van der Waals surface area contributed by atoms with E-state index < -0.39 is 0 Å². The Morgan fingerprint density at radius 1 is 1.15 bits per heavy atom. The van der Waals surface area contributed by atoms with Gasteiger partial charge in [0.15, 0.2) is 5.82 Å². The summed E-state index contributed by atoms with van der Waals surface area (Å²) in [4.78, 5) is 7.17. The van der Waals surface area contributed by atoms with E-state index in [1.165, 1.54) is 36.8 Å². The summed E-state index contributed by atoms with van der Waals surface area (Å²) in [6.07, 6.45) is 6.84. The van der Waals surface area contributed by atoms with Gasteiger partial charge in [-0.05, 0) is 75.7 Å². The van der Waals surface area contributed by atoms with E-state index in [-0.39, 0.29) is 5.60 Å². The van der Waals surface area contributed by atoms with Crippen molar-refractivity contribution >= 4 is 0 Å². The molecule has 0 radical (unpaired) electrons. The third kappa shape index (κ3) is 3.88. The van der Waals surface area contributed by atoms with E-state index in [1.54, 1.807) is 0 Å². The van der Waals surface area contributed by atoms with Crippen LogP contribution in [0.4, 0.5) is 0 Å². The molecule has 2 aliphatic heterocycles. The number of rotatable bonds is 5. The first kappa shape index (κ1) is 17.2. The first-order valence-electron chi connectivity index (χ1n) is 10.4. The Kier molecular flexibility index (Phi) is 4.23. The minimum absolute atomic E-state index is 0.0617. The van der Waals surface area contributed by atoms with Crippen molar-refractivity contribution in [3.63, 3.8) is 0 Å². The summed E-state index contributed by atoms with van der Waals surface area (Å²) in [5, 5.41) is 4.19. The van der Waals surface area contributed by atoms with Gasteiger partial charge in [-0.15, -0.1) is 0 Å². The zero-order chi connectivity index (χ0) is 18.4. The molecule has 1 aromatic heterocycles. The number of hydrogen-bond acceptors (Lipinski definition) is 5. The number of aromatic nitrogens is 2. The lowest BCUT2D eigenvalue weighted by atomic mass is 9.93. The van der Waals surface area contributed by atoms with E-state index in [0.717, 1.165) is 49.9 Å². The molecule has 3 heterocycles. The van der Waals surface area contributed by atoms with E-state index in [4.69, 9.17) is 9.26 Å². The van der Waals surface area contributed by atoms with Gasteiger partial charge in [-0.1, -0.05) is 17.3 Å². The molecular formula is C22H29N3O2. The largest absolute Gasteiger partial charge is 0.487 e. The molecule has 0 atom stereocenters. The maximum Gasteiger partial charge on any atom is 0.229 e. The van der Waals surface area contributed by atoms with Gasteiger partial charge in [0, 0.05) is 25.3 Å². The summed E-state index contributed by atoms with van der Waals surface area (Å²) in [6.45, 7) is 7.66. The van der Waals surface area contributed by atoms with Crippen molar-refractivity contribution in [3.05, 3.63) is 41.0 Å².